The molecule has 0 unspecified atom stereocenters. The summed E-state index contributed by atoms with van der Waals surface area (Å²) in [4.78, 5) is 0. The summed E-state index contributed by atoms with van der Waals surface area (Å²) < 4.78 is 0. The maximum absolute atomic E-state index is 2.61. The van der Waals surface area contributed by atoms with Crippen LogP contribution in [0.3, 0.4) is 0 Å². The Morgan fingerprint density at radius 2 is 0.974 bits per heavy atom. The van der Waals surface area contributed by atoms with Gasteiger partial charge in [0.1, 0.15) is 0 Å². The molecule has 0 aliphatic heterocycles. The molecule has 4 aliphatic rings. The number of fused-ring (bicyclic) bond motifs is 7. The molecular formula is C38H22. The molecule has 11 rings (SSSR count). The van der Waals surface area contributed by atoms with Crippen molar-refractivity contribution in [2.24, 2.45) is 0 Å². The van der Waals surface area contributed by atoms with Crippen LogP contribution in [0.25, 0.3) is 65.7 Å². The van der Waals surface area contributed by atoms with Crippen LogP contribution in [-0.4, -0.2) is 0 Å². The molecule has 0 saturated carbocycles. The third-order valence-corrected chi connectivity index (χ3v) is 10.2. The van der Waals surface area contributed by atoms with Crippen molar-refractivity contribution in [1.82, 2.24) is 0 Å². The second-order valence-corrected chi connectivity index (χ2v) is 12.0. The molecule has 0 radical (unpaired) electrons. The van der Waals surface area contributed by atoms with Crippen LogP contribution in [0, 0.1) is 0 Å². The maximum atomic E-state index is 2.61. The van der Waals surface area contributed by atoms with E-state index in [0.29, 0.717) is 0 Å². The monoisotopic (exact) mass is 478 g/mol. The molecule has 0 heterocycles. The zero-order chi connectivity index (χ0) is 24.3. The van der Waals surface area contributed by atoms with Gasteiger partial charge in [0, 0.05) is 0 Å². The first kappa shape index (κ1) is 18.8. The van der Waals surface area contributed by atoms with Gasteiger partial charge in [0.2, 0.25) is 0 Å². The van der Waals surface area contributed by atoms with Gasteiger partial charge in [0.25, 0.3) is 0 Å². The Morgan fingerprint density at radius 1 is 0.368 bits per heavy atom. The van der Waals surface area contributed by atoms with Crippen LogP contribution in [0.15, 0.2) is 84.9 Å². The van der Waals surface area contributed by atoms with Crippen LogP contribution in [0.4, 0.5) is 0 Å². The standard InChI is InChI=1S/C38H22/c1-4-11-28-19(6-1)12-23-15-25-16-24-13-21-8-5-9-22-14-26-18-30-36-27-10-3-2-7-20(27)17-29(36)37(28)35(23)38(30)34(25)33(26)32(24)31(21)22/h1-11,15-16,18H,12-14,17H2. The van der Waals surface area contributed by atoms with E-state index in [9.17, 15) is 0 Å². The minimum atomic E-state index is 1.02. The zero-order valence-electron chi connectivity index (χ0n) is 20.9. The third kappa shape index (κ3) is 1.93. The largest absolute Gasteiger partial charge is 0.0619 e. The van der Waals surface area contributed by atoms with Gasteiger partial charge in [-0.1, -0.05) is 78.9 Å². The number of benzene rings is 7. The molecule has 174 valence electrons. The van der Waals surface area contributed by atoms with E-state index in [-0.39, 0.29) is 0 Å². The van der Waals surface area contributed by atoms with Crippen molar-refractivity contribution in [2.45, 2.75) is 25.7 Å². The second-order valence-electron chi connectivity index (χ2n) is 12.0. The Bertz CT molecular complexity index is 2280. The van der Waals surface area contributed by atoms with E-state index >= 15 is 0 Å². The molecule has 4 aliphatic carbocycles. The van der Waals surface area contributed by atoms with Gasteiger partial charge in [-0.3, -0.25) is 0 Å². The first-order valence-corrected chi connectivity index (χ1v) is 14.0. The first-order valence-electron chi connectivity index (χ1n) is 14.0. The van der Waals surface area contributed by atoms with Gasteiger partial charge in [-0.05, 0) is 142 Å². The minimum Gasteiger partial charge on any atom is -0.0619 e. The summed E-state index contributed by atoms with van der Waals surface area (Å²) in [7, 11) is 0. The molecule has 0 spiro atoms. The molecule has 0 bridgehead atoms. The Morgan fingerprint density at radius 3 is 1.82 bits per heavy atom. The molecule has 38 heavy (non-hydrogen) atoms. The average molecular weight is 479 g/mol. The Hall–Kier alpha value is -4.42. The molecule has 7 aromatic rings. The number of hydrogen-bond donors (Lipinski definition) is 0. The van der Waals surface area contributed by atoms with Crippen LogP contribution in [0.2, 0.25) is 0 Å². The molecule has 0 amide bonds. The number of hydrogen-bond acceptors (Lipinski definition) is 0. The predicted octanol–water partition coefficient (Wildman–Crippen LogP) is 9.20. The molecule has 0 saturated heterocycles. The van der Waals surface area contributed by atoms with E-state index in [2.05, 4.69) is 84.9 Å². The fourth-order valence-corrected chi connectivity index (χ4v) is 8.92. The van der Waals surface area contributed by atoms with E-state index in [1.54, 1.807) is 22.1 Å². The van der Waals surface area contributed by atoms with E-state index in [0.717, 1.165) is 25.7 Å². The van der Waals surface area contributed by atoms with Crippen molar-refractivity contribution >= 4 is 32.3 Å². The molecule has 0 atom stereocenters. The normalized spacial score (nSPS) is 14.9. The summed E-state index contributed by atoms with van der Waals surface area (Å²) in [5.41, 5.74) is 21.1. The van der Waals surface area contributed by atoms with E-state index in [4.69, 9.17) is 0 Å². The lowest BCUT2D eigenvalue weighted by Crippen LogP contribution is -2.08. The smallest absolute Gasteiger partial charge is 0.000683 e. The zero-order valence-corrected chi connectivity index (χ0v) is 20.9. The lowest BCUT2D eigenvalue weighted by Gasteiger charge is -2.29. The lowest BCUT2D eigenvalue weighted by atomic mass is 9.73. The van der Waals surface area contributed by atoms with Crippen molar-refractivity contribution in [3.63, 3.8) is 0 Å². The van der Waals surface area contributed by atoms with Crippen molar-refractivity contribution in [3.05, 3.63) is 129 Å². The van der Waals surface area contributed by atoms with Gasteiger partial charge in [0.05, 0.1) is 0 Å². The summed E-state index contributed by atoms with van der Waals surface area (Å²) in [5.74, 6) is 0. The quantitative estimate of drug-likeness (QED) is 0.191. The molecule has 0 heteroatoms. The van der Waals surface area contributed by atoms with Crippen LogP contribution < -0.4 is 0 Å². The second kappa shape index (κ2) is 6.00. The van der Waals surface area contributed by atoms with Gasteiger partial charge in [-0.15, -0.1) is 0 Å². The lowest BCUT2D eigenvalue weighted by molar-refractivity contribution is 1.18. The Kier molecular flexibility index (Phi) is 2.96. The van der Waals surface area contributed by atoms with Crippen molar-refractivity contribution < 1.29 is 0 Å². The highest BCUT2D eigenvalue weighted by Crippen LogP contribution is 2.58. The Balaban J connectivity index is 1.45. The van der Waals surface area contributed by atoms with Crippen LogP contribution in [0.1, 0.15) is 44.5 Å². The summed E-state index contributed by atoms with van der Waals surface area (Å²) in [6, 6.07) is 33.1. The van der Waals surface area contributed by atoms with Crippen molar-refractivity contribution in [3.8, 4) is 33.4 Å². The molecular weight excluding hydrogens is 456 g/mol. The average Bonchev–Trinajstić information content (AvgIpc) is 3.52. The highest BCUT2D eigenvalue weighted by molar-refractivity contribution is 6.33. The van der Waals surface area contributed by atoms with Gasteiger partial charge in [0.15, 0.2) is 0 Å². The summed E-state index contributed by atoms with van der Waals surface area (Å²) in [6.45, 7) is 0. The highest BCUT2D eigenvalue weighted by atomic mass is 14.4. The fourth-order valence-electron chi connectivity index (χ4n) is 8.92. The van der Waals surface area contributed by atoms with Crippen LogP contribution >= 0.6 is 0 Å². The molecule has 0 nitrogen and oxygen atoms in total. The Labute approximate surface area is 220 Å². The highest BCUT2D eigenvalue weighted by Gasteiger charge is 2.35. The van der Waals surface area contributed by atoms with Gasteiger partial charge in [-0.2, -0.15) is 0 Å². The topological polar surface area (TPSA) is 0 Å². The number of rotatable bonds is 0. The molecule has 0 fully saturated rings. The first-order chi connectivity index (χ1) is 18.8. The van der Waals surface area contributed by atoms with E-state index in [1.165, 1.54) is 88.1 Å². The van der Waals surface area contributed by atoms with Crippen LogP contribution in [-0.2, 0) is 25.7 Å². The van der Waals surface area contributed by atoms with Crippen molar-refractivity contribution in [2.75, 3.05) is 0 Å². The fraction of sp³-hybridized carbons (Fsp3) is 0.105. The van der Waals surface area contributed by atoms with Gasteiger partial charge >= 0.3 is 0 Å². The molecule has 0 aromatic heterocycles. The summed E-state index contributed by atoms with van der Waals surface area (Å²) in [5, 5.41) is 9.04. The van der Waals surface area contributed by atoms with Gasteiger partial charge < -0.3 is 0 Å². The summed E-state index contributed by atoms with van der Waals surface area (Å²) >= 11 is 0. The minimum absolute atomic E-state index is 1.02. The summed E-state index contributed by atoms with van der Waals surface area (Å²) in [6.07, 6.45) is 4.16. The van der Waals surface area contributed by atoms with Crippen LogP contribution in [0.5, 0.6) is 0 Å². The molecule has 7 aromatic carbocycles. The van der Waals surface area contributed by atoms with Gasteiger partial charge in [-0.25, -0.2) is 0 Å². The molecule has 0 N–H and O–H groups in total. The van der Waals surface area contributed by atoms with E-state index < -0.39 is 0 Å². The van der Waals surface area contributed by atoms with Crippen molar-refractivity contribution in [1.29, 1.82) is 0 Å². The maximum Gasteiger partial charge on any atom is -0.000683 e. The predicted molar refractivity (Wildman–Crippen MR) is 158 cm³/mol. The SMILES string of the molecule is c1ccc2c(c1)Cc1c-2c2cc3c4c5c(cc6cc7c(c1-c1ccccc1C7)c2c64)Cc1cccc(c1-5)C3. The van der Waals surface area contributed by atoms with E-state index in [1.807, 2.05) is 0 Å². The third-order valence-electron chi connectivity index (χ3n) is 10.2.